The maximum Gasteiger partial charge on any atom is 0.329 e. The van der Waals surface area contributed by atoms with Crippen LogP contribution in [0, 0.1) is 5.92 Å². The summed E-state index contributed by atoms with van der Waals surface area (Å²) in [5, 5.41) is 0.363. The quantitative estimate of drug-likeness (QED) is 0.742. The predicted octanol–water partition coefficient (Wildman–Crippen LogP) is 2.03. The van der Waals surface area contributed by atoms with E-state index in [9.17, 15) is 14.4 Å². The third-order valence-electron chi connectivity index (χ3n) is 3.36. The molecule has 0 aliphatic rings. The van der Waals surface area contributed by atoms with E-state index in [1.54, 1.807) is 24.4 Å². The minimum atomic E-state index is -0.466. The van der Waals surface area contributed by atoms with Gasteiger partial charge in [0, 0.05) is 24.5 Å². The molecule has 7 heteroatoms. The van der Waals surface area contributed by atoms with Crippen LogP contribution in [0.4, 0.5) is 0 Å². The van der Waals surface area contributed by atoms with Gasteiger partial charge in [0.05, 0.1) is 10.3 Å². The molecular formula is C16H15N3O3S. The van der Waals surface area contributed by atoms with Gasteiger partial charge in [0.1, 0.15) is 4.83 Å². The van der Waals surface area contributed by atoms with Crippen LogP contribution in [-0.2, 0) is 6.54 Å². The summed E-state index contributed by atoms with van der Waals surface area (Å²) in [7, 11) is 0. The Morgan fingerprint density at radius 3 is 2.83 bits per heavy atom. The van der Waals surface area contributed by atoms with Crippen molar-refractivity contribution in [1.29, 1.82) is 0 Å². The molecule has 0 aliphatic heterocycles. The standard InChI is InChI=1S/C16H15N3O3S/c1-9(2)8-19-15-11(14(21)18-16(19)22)6-12(23-15)13(20)10-4-3-5-17-7-10/h3-7,9H,8H2,1-2H3,(H,18,21,22). The maximum atomic E-state index is 12.5. The molecule has 3 rings (SSSR count). The first-order chi connectivity index (χ1) is 11.0. The molecule has 3 aromatic heterocycles. The lowest BCUT2D eigenvalue weighted by Crippen LogP contribution is -2.30. The van der Waals surface area contributed by atoms with E-state index < -0.39 is 11.2 Å². The van der Waals surface area contributed by atoms with Crippen LogP contribution in [-0.4, -0.2) is 20.3 Å². The molecule has 0 atom stereocenters. The molecule has 0 aliphatic carbocycles. The van der Waals surface area contributed by atoms with E-state index >= 15 is 0 Å². The SMILES string of the molecule is CC(C)Cn1c(=O)[nH]c(=O)c2cc(C(=O)c3cccnc3)sc21. The van der Waals surface area contributed by atoms with Crippen molar-refractivity contribution in [2.45, 2.75) is 20.4 Å². The van der Waals surface area contributed by atoms with Crippen LogP contribution >= 0.6 is 11.3 Å². The predicted molar refractivity (Wildman–Crippen MR) is 89.2 cm³/mol. The van der Waals surface area contributed by atoms with Crippen molar-refractivity contribution >= 4 is 27.3 Å². The summed E-state index contributed by atoms with van der Waals surface area (Å²) in [6, 6.07) is 4.90. The molecule has 0 amide bonds. The van der Waals surface area contributed by atoms with Crippen LogP contribution in [0.2, 0.25) is 0 Å². The molecule has 0 saturated carbocycles. The number of fused-ring (bicyclic) bond motifs is 1. The van der Waals surface area contributed by atoms with Crippen molar-refractivity contribution in [3.05, 3.63) is 61.9 Å². The van der Waals surface area contributed by atoms with Gasteiger partial charge in [0.25, 0.3) is 5.56 Å². The normalized spacial score (nSPS) is 11.3. The highest BCUT2D eigenvalue weighted by Crippen LogP contribution is 2.24. The van der Waals surface area contributed by atoms with Crippen molar-refractivity contribution in [3.63, 3.8) is 0 Å². The molecule has 23 heavy (non-hydrogen) atoms. The fourth-order valence-electron chi connectivity index (χ4n) is 2.35. The van der Waals surface area contributed by atoms with E-state index in [-0.39, 0.29) is 11.7 Å². The molecule has 0 spiro atoms. The Morgan fingerprint density at radius 2 is 2.17 bits per heavy atom. The van der Waals surface area contributed by atoms with Crippen LogP contribution in [0.1, 0.15) is 29.1 Å². The van der Waals surface area contributed by atoms with Crippen LogP contribution in [0.5, 0.6) is 0 Å². The Kier molecular flexibility index (Phi) is 3.96. The molecule has 0 unspecified atom stereocenters. The summed E-state index contributed by atoms with van der Waals surface area (Å²) < 4.78 is 1.52. The van der Waals surface area contributed by atoms with E-state index in [2.05, 4.69) is 9.97 Å². The minimum absolute atomic E-state index is 0.206. The molecule has 3 aromatic rings. The Morgan fingerprint density at radius 1 is 1.39 bits per heavy atom. The largest absolute Gasteiger partial charge is 0.329 e. The Bertz CT molecular complexity index is 983. The van der Waals surface area contributed by atoms with Crippen LogP contribution in [0.3, 0.4) is 0 Å². The van der Waals surface area contributed by atoms with E-state index in [0.717, 1.165) is 11.3 Å². The molecule has 0 aromatic carbocycles. The average Bonchev–Trinajstić information content (AvgIpc) is 2.97. The van der Waals surface area contributed by atoms with Gasteiger partial charge in [-0.25, -0.2) is 4.79 Å². The van der Waals surface area contributed by atoms with Crippen molar-refractivity contribution in [3.8, 4) is 0 Å². The van der Waals surface area contributed by atoms with Crippen LogP contribution < -0.4 is 11.2 Å². The Balaban J connectivity index is 2.19. The van der Waals surface area contributed by atoms with E-state index in [4.69, 9.17) is 0 Å². The molecule has 0 radical (unpaired) electrons. The van der Waals surface area contributed by atoms with Gasteiger partial charge in [-0.3, -0.25) is 24.1 Å². The Labute approximate surface area is 135 Å². The van der Waals surface area contributed by atoms with E-state index in [0.29, 0.717) is 27.2 Å². The molecular weight excluding hydrogens is 314 g/mol. The lowest BCUT2D eigenvalue weighted by Gasteiger charge is -2.08. The zero-order chi connectivity index (χ0) is 16.6. The molecule has 1 N–H and O–H groups in total. The number of ketones is 1. The summed E-state index contributed by atoms with van der Waals surface area (Å²) in [5.41, 5.74) is -0.460. The van der Waals surface area contributed by atoms with Crippen LogP contribution in [0.25, 0.3) is 10.2 Å². The highest BCUT2D eigenvalue weighted by molar-refractivity contribution is 7.20. The van der Waals surface area contributed by atoms with Crippen molar-refractivity contribution in [1.82, 2.24) is 14.5 Å². The number of carbonyl (C=O) groups is 1. The first-order valence-electron chi connectivity index (χ1n) is 7.18. The van der Waals surface area contributed by atoms with Gasteiger partial charge in [-0.15, -0.1) is 11.3 Å². The fourth-order valence-corrected chi connectivity index (χ4v) is 3.48. The third-order valence-corrected chi connectivity index (χ3v) is 4.52. The lowest BCUT2D eigenvalue weighted by molar-refractivity contribution is 0.104. The topological polar surface area (TPSA) is 84.8 Å². The zero-order valence-electron chi connectivity index (χ0n) is 12.7. The minimum Gasteiger partial charge on any atom is -0.288 e. The number of rotatable bonds is 4. The molecule has 0 saturated heterocycles. The summed E-state index contributed by atoms with van der Waals surface area (Å²) in [6.07, 6.45) is 3.07. The van der Waals surface area contributed by atoms with Gasteiger partial charge in [-0.1, -0.05) is 13.8 Å². The number of nitrogens with zero attached hydrogens (tertiary/aromatic N) is 2. The highest BCUT2D eigenvalue weighted by atomic mass is 32.1. The molecule has 118 valence electrons. The van der Waals surface area contributed by atoms with Crippen molar-refractivity contribution < 1.29 is 4.79 Å². The second-order valence-corrected chi connectivity index (χ2v) is 6.69. The van der Waals surface area contributed by atoms with Crippen molar-refractivity contribution in [2.75, 3.05) is 0 Å². The average molecular weight is 329 g/mol. The first-order valence-corrected chi connectivity index (χ1v) is 8.00. The fraction of sp³-hybridized carbons (Fsp3) is 0.250. The molecule has 3 heterocycles. The number of H-pyrrole nitrogens is 1. The van der Waals surface area contributed by atoms with Gasteiger partial charge in [0.2, 0.25) is 5.78 Å². The van der Waals surface area contributed by atoms with Gasteiger partial charge < -0.3 is 0 Å². The number of aromatic amines is 1. The summed E-state index contributed by atoms with van der Waals surface area (Å²) in [4.78, 5) is 43.8. The summed E-state index contributed by atoms with van der Waals surface area (Å²) in [6.45, 7) is 4.45. The Hall–Kier alpha value is -2.54. The number of carbonyl (C=O) groups excluding carboxylic acids is 1. The maximum absolute atomic E-state index is 12.5. The third kappa shape index (κ3) is 2.87. The van der Waals surface area contributed by atoms with Gasteiger partial charge in [-0.05, 0) is 24.1 Å². The van der Waals surface area contributed by atoms with Gasteiger partial charge in [-0.2, -0.15) is 0 Å². The number of thiophene rings is 1. The molecule has 0 bridgehead atoms. The first kappa shape index (κ1) is 15.4. The number of pyridine rings is 1. The number of nitrogens with one attached hydrogen (secondary N) is 1. The van der Waals surface area contributed by atoms with Gasteiger partial charge in [0.15, 0.2) is 0 Å². The summed E-state index contributed by atoms with van der Waals surface area (Å²) in [5.74, 6) is 0.0311. The van der Waals surface area contributed by atoms with Crippen LogP contribution in [0.15, 0.2) is 40.2 Å². The van der Waals surface area contributed by atoms with E-state index in [1.165, 1.54) is 10.8 Å². The molecule has 6 nitrogen and oxygen atoms in total. The van der Waals surface area contributed by atoms with E-state index in [1.807, 2.05) is 13.8 Å². The smallest absolute Gasteiger partial charge is 0.288 e. The number of hydrogen-bond acceptors (Lipinski definition) is 5. The second kappa shape index (κ2) is 5.92. The summed E-state index contributed by atoms with van der Waals surface area (Å²) >= 11 is 1.16. The number of aromatic nitrogens is 3. The second-order valence-electron chi connectivity index (χ2n) is 5.66. The van der Waals surface area contributed by atoms with Gasteiger partial charge >= 0.3 is 5.69 Å². The molecule has 0 fully saturated rings. The lowest BCUT2D eigenvalue weighted by atomic mass is 10.1. The number of hydrogen-bond donors (Lipinski definition) is 1. The highest BCUT2D eigenvalue weighted by Gasteiger charge is 2.17. The zero-order valence-corrected chi connectivity index (χ0v) is 13.5. The monoisotopic (exact) mass is 329 g/mol. The van der Waals surface area contributed by atoms with Crippen molar-refractivity contribution in [2.24, 2.45) is 5.92 Å².